The molecule has 0 saturated carbocycles. The first-order valence-corrected chi connectivity index (χ1v) is 8.83. The molecule has 0 saturated heterocycles. The Hall–Kier alpha value is -1.99. The second kappa shape index (κ2) is 5.33. The highest BCUT2D eigenvalue weighted by Crippen LogP contribution is 2.26. The smallest absolute Gasteiger partial charge is 0.273 e. The third-order valence-electron chi connectivity index (χ3n) is 3.81. The van der Waals surface area contributed by atoms with E-state index in [1.807, 2.05) is 23.4 Å². The fraction of sp³-hybridized carbons (Fsp3) is 0.267. The summed E-state index contributed by atoms with van der Waals surface area (Å²) in [6, 6.07) is 2.10. The van der Waals surface area contributed by atoms with Gasteiger partial charge in [0.1, 0.15) is 11.5 Å². The molecule has 3 aromatic rings. The largest absolute Gasteiger partial charge is 0.328 e. The van der Waals surface area contributed by atoms with E-state index in [9.17, 15) is 4.79 Å². The van der Waals surface area contributed by atoms with E-state index in [1.54, 1.807) is 11.3 Å². The number of aromatic nitrogens is 3. The van der Waals surface area contributed by atoms with E-state index in [0.29, 0.717) is 18.8 Å². The van der Waals surface area contributed by atoms with Crippen molar-refractivity contribution in [1.82, 2.24) is 19.4 Å². The van der Waals surface area contributed by atoms with Crippen molar-refractivity contribution in [3.63, 3.8) is 0 Å². The van der Waals surface area contributed by atoms with Gasteiger partial charge in [0.2, 0.25) is 0 Å². The van der Waals surface area contributed by atoms with Crippen LogP contribution in [0.3, 0.4) is 0 Å². The SMILES string of the molecule is Cc1nc(C(=O)N2CCn3c(-c4ccsc4)cnc3C2)cs1. The maximum atomic E-state index is 12.5. The van der Waals surface area contributed by atoms with E-state index in [-0.39, 0.29) is 5.91 Å². The monoisotopic (exact) mass is 330 g/mol. The molecule has 0 unspecified atom stereocenters. The van der Waals surface area contributed by atoms with Crippen LogP contribution in [-0.2, 0) is 13.1 Å². The van der Waals surface area contributed by atoms with Crippen molar-refractivity contribution < 1.29 is 4.79 Å². The molecule has 4 heterocycles. The predicted octanol–water partition coefficient (Wildman–Crippen LogP) is 3.03. The molecule has 0 aromatic carbocycles. The first kappa shape index (κ1) is 13.7. The average molecular weight is 330 g/mol. The van der Waals surface area contributed by atoms with Crippen LogP contribution < -0.4 is 0 Å². The molecule has 5 nitrogen and oxygen atoms in total. The summed E-state index contributed by atoms with van der Waals surface area (Å²) in [5.74, 6) is 0.934. The molecule has 112 valence electrons. The first-order valence-electron chi connectivity index (χ1n) is 7.01. The molecule has 3 aromatic heterocycles. The number of hydrogen-bond acceptors (Lipinski definition) is 5. The lowest BCUT2D eigenvalue weighted by atomic mass is 10.2. The van der Waals surface area contributed by atoms with E-state index in [4.69, 9.17) is 0 Å². The number of fused-ring (bicyclic) bond motifs is 1. The lowest BCUT2D eigenvalue weighted by Gasteiger charge is -2.28. The van der Waals surface area contributed by atoms with Crippen LogP contribution >= 0.6 is 22.7 Å². The molecular weight excluding hydrogens is 316 g/mol. The van der Waals surface area contributed by atoms with E-state index >= 15 is 0 Å². The zero-order valence-electron chi connectivity index (χ0n) is 12.0. The zero-order chi connectivity index (χ0) is 15.1. The molecule has 4 rings (SSSR count). The van der Waals surface area contributed by atoms with Crippen LogP contribution in [0.4, 0.5) is 0 Å². The van der Waals surface area contributed by atoms with E-state index < -0.39 is 0 Å². The van der Waals surface area contributed by atoms with E-state index in [1.165, 1.54) is 16.9 Å². The van der Waals surface area contributed by atoms with Crippen molar-refractivity contribution in [2.45, 2.75) is 20.0 Å². The quantitative estimate of drug-likeness (QED) is 0.726. The lowest BCUT2D eigenvalue weighted by Crippen LogP contribution is -2.38. The van der Waals surface area contributed by atoms with Gasteiger partial charge in [-0.3, -0.25) is 4.79 Å². The van der Waals surface area contributed by atoms with E-state index in [0.717, 1.165) is 23.1 Å². The minimum absolute atomic E-state index is 0.00400. The molecule has 1 amide bonds. The standard InChI is InChI=1S/C15H14N4OS2/c1-10-17-12(9-22-10)15(20)18-3-4-19-13(6-16-14(19)7-18)11-2-5-21-8-11/h2,5-6,8-9H,3-4,7H2,1H3. The highest BCUT2D eigenvalue weighted by molar-refractivity contribution is 7.09. The molecule has 0 bridgehead atoms. The van der Waals surface area contributed by atoms with Gasteiger partial charge in [-0.2, -0.15) is 11.3 Å². The molecule has 0 aliphatic carbocycles. The third kappa shape index (κ3) is 2.26. The van der Waals surface area contributed by atoms with Crippen LogP contribution in [-0.4, -0.2) is 31.9 Å². The lowest BCUT2D eigenvalue weighted by molar-refractivity contribution is 0.0702. The Morgan fingerprint density at radius 2 is 2.23 bits per heavy atom. The summed E-state index contributed by atoms with van der Waals surface area (Å²) in [5.41, 5.74) is 2.87. The number of thiazole rings is 1. The number of amides is 1. The number of carbonyl (C=O) groups excluding carboxylic acids is 1. The summed E-state index contributed by atoms with van der Waals surface area (Å²) in [4.78, 5) is 23.1. The van der Waals surface area contributed by atoms with Crippen molar-refractivity contribution in [2.75, 3.05) is 6.54 Å². The Labute approximate surface area is 135 Å². The number of aryl methyl sites for hydroxylation is 1. The minimum Gasteiger partial charge on any atom is -0.328 e. The van der Waals surface area contributed by atoms with Gasteiger partial charge in [-0.1, -0.05) is 0 Å². The number of rotatable bonds is 2. The molecule has 0 N–H and O–H groups in total. The maximum absolute atomic E-state index is 12.5. The normalized spacial score (nSPS) is 14.1. The van der Waals surface area contributed by atoms with Crippen LogP contribution in [0, 0.1) is 6.92 Å². The van der Waals surface area contributed by atoms with Crippen molar-refractivity contribution in [3.05, 3.63) is 44.9 Å². The Bertz CT molecular complexity index is 819. The third-order valence-corrected chi connectivity index (χ3v) is 5.26. The molecule has 0 spiro atoms. The maximum Gasteiger partial charge on any atom is 0.273 e. The zero-order valence-corrected chi connectivity index (χ0v) is 13.7. The van der Waals surface area contributed by atoms with Gasteiger partial charge in [0, 0.05) is 29.4 Å². The summed E-state index contributed by atoms with van der Waals surface area (Å²) in [7, 11) is 0. The molecule has 0 radical (unpaired) electrons. The Balaban J connectivity index is 1.59. The van der Waals surface area contributed by atoms with Crippen molar-refractivity contribution >= 4 is 28.6 Å². The Morgan fingerprint density at radius 1 is 1.32 bits per heavy atom. The van der Waals surface area contributed by atoms with Gasteiger partial charge in [-0.05, 0) is 18.4 Å². The summed E-state index contributed by atoms with van der Waals surface area (Å²) < 4.78 is 2.21. The first-order chi connectivity index (χ1) is 10.7. The molecule has 0 fully saturated rings. The summed E-state index contributed by atoms with van der Waals surface area (Å²) >= 11 is 3.19. The van der Waals surface area contributed by atoms with Gasteiger partial charge in [-0.15, -0.1) is 11.3 Å². The van der Waals surface area contributed by atoms with Gasteiger partial charge >= 0.3 is 0 Å². The van der Waals surface area contributed by atoms with Gasteiger partial charge in [0.15, 0.2) is 0 Å². The molecule has 1 aliphatic heterocycles. The van der Waals surface area contributed by atoms with Crippen LogP contribution in [0.25, 0.3) is 11.3 Å². The number of thiophene rings is 1. The van der Waals surface area contributed by atoms with Crippen LogP contribution in [0.15, 0.2) is 28.4 Å². The molecule has 1 aliphatic rings. The average Bonchev–Trinajstić information content (AvgIpc) is 3.25. The molecule has 7 heteroatoms. The number of hydrogen-bond donors (Lipinski definition) is 0. The summed E-state index contributed by atoms with van der Waals surface area (Å²) in [6.07, 6.45) is 1.90. The van der Waals surface area contributed by atoms with Gasteiger partial charge < -0.3 is 9.47 Å². The van der Waals surface area contributed by atoms with Crippen LogP contribution in [0.5, 0.6) is 0 Å². The second-order valence-corrected chi connectivity index (χ2v) is 7.04. The summed E-state index contributed by atoms with van der Waals surface area (Å²) in [5, 5.41) is 6.94. The molecular formula is C15H14N4OS2. The van der Waals surface area contributed by atoms with Crippen LogP contribution in [0.1, 0.15) is 21.3 Å². The van der Waals surface area contributed by atoms with Gasteiger partial charge in [0.25, 0.3) is 5.91 Å². The summed E-state index contributed by atoms with van der Waals surface area (Å²) in [6.45, 7) is 3.92. The predicted molar refractivity (Wildman–Crippen MR) is 87.1 cm³/mol. The Kier molecular flexibility index (Phi) is 3.31. The number of carbonyl (C=O) groups is 1. The molecule has 0 atom stereocenters. The van der Waals surface area contributed by atoms with Crippen molar-refractivity contribution in [1.29, 1.82) is 0 Å². The fourth-order valence-electron chi connectivity index (χ4n) is 2.70. The minimum atomic E-state index is -0.00400. The highest BCUT2D eigenvalue weighted by Gasteiger charge is 2.25. The number of imidazole rings is 1. The second-order valence-electron chi connectivity index (χ2n) is 5.20. The molecule has 22 heavy (non-hydrogen) atoms. The van der Waals surface area contributed by atoms with Crippen LogP contribution in [0.2, 0.25) is 0 Å². The van der Waals surface area contributed by atoms with Gasteiger partial charge in [-0.25, -0.2) is 9.97 Å². The Morgan fingerprint density at radius 3 is 2.95 bits per heavy atom. The van der Waals surface area contributed by atoms with E-state index in [2.05, 4.69) is 31.4 Å². The number of nitrogens with zero attached hydrogens (tertiary/aromatic N) is 4. The highest BCUT2D eigenvalue weighted by atomic mass is 32.1. The topological polar surface area (TPSA) is 51.0 Å². The van der Waals surface area contributed by atoms with Crippen molar-refractivity contribution in [2.24, 2.45) is 0 Å². The van der Waals surface area contributed by atoms with Crippen molar-refractivity contribution in [3.8, 4) is 11.3 Å². The van der Waals surface area contributed by atoms with Gasteiger partial charge in [0.05, 0.1) is 23.4 Å². The fourth-order valence-corrected chi connectivity index (χ4v) is 3.93.